The van der Waals surface area contributed by atoms with Gasteiger partial charge < -0.3 is 10.2 Å². The van der Waals surface area contributed by atoms with Crippen LogP contribution in [0.25, 0.3) is 0 Å². The standard InChI is InChI=1S/C23H28Cl2N4O6S/c1-5-20(23(31)26-6-2)27(13-17-18(24)8-7-9-19(17)25)22(30)14-28(36(4,34)35)21-12-16(29(32)33)11-10-15(21)3/h7-12,20H,5-6,13-14H2,1-4H3,(H,26,31). The van der Waals surface area contributed by atoms with E-state index in [9.17, 15) is 28.1 Å². The number of nitrogens with one attached hydrogen (secondary N) is 1. The molecule has 0 aliphatic carbocycles. The first-order valence-electron chi connectivity index (χ1n) is 11.0. The lowest BCUT2D eigenvalue weighted by Crippen LogP contribution is -2.52. The van der Waals surface area contributed by atoms with Crippen LogP contribution >= 0.6 is 23.2 Å². The molecule has 0 aliphatic rings. The van der Waals surface area contributed by atoms with Crippen LogP contribution in [0.1, 0.15) is 31.4 Å². The molecule has 1 atom stereocenters. The second-order valence-corrected chi connectivity index (χ2v) is 10.8. The summed E-state index contributed by atoms with van der Waals surface area (Å²) in [6, 6.07) is 7.62. The highest BCUT2D eigenvalue weighted by molar-refractivity contribution is 7.92. The maximum absolute atomic E-state index is 13.7. The van der Waals surface area contributed by atoms with Crippen molar-refractivity contribution in [3.63, 3.8) is 0 Å². The Bertz CT molecular complexity index is 1230. The minimum Gasteiger partial charge on any atom is -0.355 e. The number of carbonyl (C=O) groups excluding carboxylic acids is 2. The van der Waals surface area contributed by atoms with Gasteiger partial charge >= 0.3 is 0 Å². The van der Waals surface area contributed by atoms with Crippen molar-refractivity contribution in [2.45, 2.75) is 39.8 Å². The van der Waals surface area contributed by atoms with Crippen molar-refractivity contribution in [3.8, 4) is 0 Å². The van der Waals surface area contributed by atoms with Crippen LogP contribution in [0, 0.1) is 17.0 Å². The first-order chi connectivity index (χ1) is 16.8. The summed E-state index contributed by atoms with van der Waals surface area (Å²) >= 11 is 12.6. The van der Waals surface area contributed by atoms with Gasteiger partial charge in [0, 0.05) is 40.8 Å². The Morgan fingerprint density at radius 1 is 1.14 bits per heavy atom. The second-order valence-electron chi connectivity index (χ2n) is 8.04. The average Bonchev–Trinajstić information content (AvgIpc) is 2.79. The Kier molecular flexibility index (Phi) is 10.1. The normalized spacial score (nSPS) is 12.1. The molecule has 1 unspecified atom stereocenters. The average molecular weight is 559 g/mol. The maximum atomic E-state index is 13.7. The molecule has 0 heterocycles. The molecule has 0 aromatic heterocycles. The molecule has 2 amide bonds. The number of aryl methyl sites for hydroxylation is 1. The van der Waals surface area contributed by atoms with Gasteiger partial charge in [0.2, 0.25) is 21.8 Å². The number of benzene rings is 2. The fourth-order valence-corrected chi connectivity index (χ4v) is 5.06. The first-order valence-corrected chi connectivity index (χ1v) is 13.6. The third-order valence-corrected chi connectivity index (χ3v) is 7.31. The summed E-state index contributed by atoms with van der Waals surface area (Å²) in [6.07, 6.45) is 1.13. The van der Waals surface area contributed by atoms with Gasteiger partial charge in [-0.2, -0.15) is 0 Å². The highest BCUT2D eigenvalue weighted by Crippen LogP contribution is 2.30. The Hall–Kier alpha value is -2.89. The van der Waals surface area contributed by atoms with Gasteiger partial charge in [0.05, 0.1) is 16.9 Å². The third-order valence-electron chi connectivity index (χ3n) is 5.48. The molecule has 0 bridgehead atoms. The Morgan fingerprint density at radius 3 is 2.25 bits per heavy atom. The zero-order chi connectivity index (χ0) is 27.2. The van der Waals surface area contributed by atoms with E-state index in [1.165, 1.54) is 17.0 Å². The molecule has 2 rings (SSSR count). The lowest BCUT2D eigenvalue weighted by atomic mass is 10.1. The number of hydrogen-bond acceptors (Lipinski definition) is 6. The molecular weight excluding hydrogens is 531 g/mol. The van der Waals surface area contributed by atoms with Gasteiger partial charge in [0.15, 0.2) is 0 Å². The molecule has 0 aliphatic heterocycles. The van der Waals surface area contributed by atoms with Crippen molar-refractivity contribution in [2.75, 3.05) is 23.7 Å². The Balaban J connectivity index is 2.58. The summed E-state index contributed by atoms with van der Waals surface area (Å²) in [4.78, 5) is 38.4. The maximum Gasteiger partial charge on any atom is 0.271 e. The largest absolute Gasteiger partial charge is 0.355 e. The van der Waals surface area contributed by atoms with Crippen molar-refractivity contribution >= 4 is 56.4 Å². The molecule has 0 radical (unpaired) electrons. The first kappa shape index (κ1) is 29.3. The van der Waals surface area contributed by atoms with Gasteiger partial charge in [-0.05, 0) is 38.0 Å². The quantitative estimate of drug-likeness (QED) is 0.328. The van der Waals surface area contributed by atoms with E-state index in [0.717, 1.165) is 16.6 Å². The number of halogens is 2. The third kappa shape index (κ3) is 7.08. The van der Waals surface area contributed by atoms with E-state index in [1.807, 2.05) is 0 Å². The van der Waals surface area contributed by atoms with Crippen molar-refractivity contribution in [1.29, 1.82) is 0 Å². The van der Waals surface area contributed by atoms with Gasteiger partial charge in [0.25, 0.3) is 5.69 Å². The summed E-state index contributed by atoms with van der Waals surface area (Å²) in [5, 5.41) is 14.5. The van der Waals surface area contributed by atoms with Crippen LogP contribution < -0.4 is 9.62 Å². The number of non-ortho nitro benzene ring substituents is 1. The predicted octanol–water partition coefficient (Wildman–Crippen LogP) is 3.92. The number of sulfonamides is 1. The zero-order valence-electron chi connectivity index (χ0n) is 20.3. The van der Waals surface area contributed by atoms with Crippen LogP contribution in [-0.2, 0) is 26.2 Å². The molecule has 0 spiro atoms. The number of carbonyl (C=O) groups is 2. The number of nitrogens with zero attached hydrogens (tertiary/aromatic N) is 3. The number of hydrogen-bond donors (Lipinski definition) is 1. The second kappa shape index (κ2) is 12.4. The van der Waals surface area contributed by atoms with Crippen LogP contribution in [0.15, 0.2) is 36.4 Å². The number of amides is 2. The van der Waals surface area contributed by atoms with Crippen LogP contribution in [0.2, 0.25) is 10.0 Å². The minimum atomic E-state index is -4.05. The van der Waals surface area contributed by atoms with E-state index in [0.29, 0.717) is 17.7 Å². The van der Waals surface area contributed by atoms with Crippen molar-refractivity contribution < 1.29 is 22.9 Å². The van der Waals surface area contributed by atoms with Crippen LogP contribution in [0.4, 0.5) is 11.4 Å². The molecular formula is C23H28Cl2N4O6S. The molecule has 0 saturated carbocycles. The summed E-state index contributed by atoms with van der Waals surface area (Å²) in [7, 11) is -4.05. The van der Waals surface area contributed by atoms with Gasteiger partial charge in [-0.3, -0.25) is 24.0 Å². The SMILES string of the molecule is CCNC(=O)C(CC)N(Cc1c(Cl)cccc1Cl)C(=O)CN(c1cc([N+](=O)[O-])ccc1C)S(C)(=O)=O. The number of anilines is 1. The number of rotatable bonds is 11. The number of nitro benzene ring substituents is 1. The predicted molar refractivity (Wildman–Crippen MR) is 140 cm³/mol. The van der Waals surface area contributed by atoms with E-state index < -0.39 is 39.3 Å². The molecule has 0 fully saturated rings. The van der Waals surface area contributed by atoms with Crippen LogP contribution in [0.5, 0.6) is 0 Å². The van der Waals surface area contributed by atoms with Gasteiger partial charge in [-0.1, -0.05) is 42.3 Å². The lowest BCUT2D eigenvalue weighted by Gasteiger charge is -2.33. The molecule has 1 N–H and O–H groups in total. The highest BCUT2D eigenvalue weighted by atomic mass is 35.5. The molecule has 10 nitrogen and oxygen atoms in total. The highest BCUT2D eigenvalue weighted by Gasteiger charge is 2.33. The number of likely N-dealkylation sites (N-methyl/N-ethyl adjacent to an activating group) is 1. The van der Waals surface area contributed by atoms with Crippen LogP contribution in [-0.4, -0.2) is 55.4 Å². The Morgan fingerprint density at radius 2 is 1.75 bits per heavy atom. The monoisotopic (exact) mass is 558 g/mol. The molecule has 2 aromatic rings. The summed E-state index contributed by atoms with van der Waals surface area (Å²) in [5.41, 5.74) is 0.469. The van der Waals surface area contributed by atoms with Crippen molar-refractivity contribution in [1.82, 2.24) is 10.2 Å². The fraction of sp³-hybridized carbons (Fsp3) is 0.391. The summed E-state index contributed by atoms with van der Waals surface area (Å²) in [6.45, 7) is 4.50. The summed E-state index contributed by atoms with van der Waals surface area (Å²) < 4.78 is 26.3. The van der Waals surface area contributed by atoms with E-state index in [-0.39, 0.29) is 34.4 Å². The Labute approximate surface area is 220 Å². The summed E-state index contributed by atoms with van der Waals surface area (Å²) in [5.74, 6) is -1.13. The minimum absolute atomic E-state index is 0.0122. The molecule has 13 heteroatoms. The fourth-order valence-electron chi connectivity index (χ4n) is 3.64. The van der Waals surface area contributed by atoms with Crippen LogP contribution in [0.3, 0.4) is 0 Å². The van der Waals surface area contributed by atoms with Gasteiger partial charge in [0.1, 0.15) is 12.6 Å². The van der Waals surface area contributed by atoms with E-state index in [4.69, 9.17) is 23.2 Å². The van der Waals surface area contributed by atoms with E-state index in [1.54, 1.807) is 39.0 Å². The smallest absolute Gasteiger partial charge is 0.271 e. The topological polar surface area (TPSA) is 130 Å². The molecule has 0 saturated heterocycles. The van der Waals surface area contributed by atoms with Gasteiger partial charge in [-0.25, -0.2) is 8.42 Å². The zero-order valence-corrected chi connectivity index (χ0v) is 22.7. The van der Waals surface area contributed by atoms with Gasteiger partial charge in [-0.15, -0.1) is 0 Å². The number of nitro groups is 1. The van der Waals surface area contributed by atoms with E-state index >= 15 is 0 Å². The molecule has 2 aromatic carbocycles. The van der Waals surface area contributed by atoms with Crippen molar-refractivity contribution in [3.05, 3.63) is 67.7 Å². The molecule has 196 valence electrons. The molecule has 36 heavy (non-hydrogen) atoms. The van der Waals surface area contributed by atoms with E-state index in [2.05, 4.69) is 5.32 Å². The van der Waals surface area contributed by atoms with Crippen molar-refractivity contribution in [2.24, 2.45) is 0 Å². The lowest BCUT2D eigenvalue weighted by molar-refractivity contribution is -0.384.